The number of halogens is 2. The van der Waals surface area contributed by atoms with E-state index in [9.17, 15) is 9.59 Å². The molecule has 1 aromatic carbocycles. The van der Waals surface area contributed by atoms with Gasteiger partial charge in [-0.3, -0.25) is 4.79 Å². The maximum Gasteiger partial charge on any atom is 0.377 e. The lowest BCUT2D eigenvalue weighted by Gasteiger charge is -2.23. The molecule has 5 nitrogen and oxygen atoms in total. The first kappa shape index (κ1) is 20.6. The van der Waals surface area contributed by atoms with Crippen LogP contribution in [0.4, 0.5) is 0 Å². The van der Waals surface area contributed by atoms with Crippen LogP contribution in [0.25, 0.3) is 0 Å². The highest BCUT2D eigenvalue weighted by atomic mass is 35.5. The fraction of sp³-hybridized carbons (Fsp3) is 0.474. The van der Waals surface area contributed by atoms with E-state index in [-0.39, 0.29) is 11.7 Å². The molecule has 0 N–H and O–H groups in total. The third-order valence-electron chi connectivity index (χ3n) is 3.80. The van der Waals surface area contributed by atoms with E-state index >= 15 is 0 Å². The van der Waals surface area contributed by atoms with Crippen LogP contribution in [0.1, 0.15) is 39.7 Å². The molecular formula is C19H23Cl2NO4. The summed E-state index contributed by atoms with van der Waals surface area (Å²) >= 11 is 12.0. The lowest BCUT2D eigenvalue weighted by Crippen LogP contribution is -2.31. The minimum absolute atomic E-state index is 0.0799. The summed E-state index contributed by atoms with van der Waals surface area (Å²) in [7, 11) is 0. The van der Waals surface area contributed by atoms with Gasteiger partial charge < -0.3 is 14.4 Å². The third-order valence-corrected chi connectivity index (χ3v) is 4.53. The van der Waals surface area contributed by atoms with Gasteiger partial charge in [0.1, 0.15) is 0 Å². The van der Waals surface area contributed by atoms with E-state index in [4.69, 9.17) is 32.7 Å². The number of amides is 1. The number of hydrogen-bond acceptors (Lipinski definition) is 4. The molecule has 1 fully saturated rings. The highest BCUT2D eigenvalue weighted by molar-refractivity contribution is 6.42. The minimum Gasteiger partial charge on any atom is -0.445 e. The van der Waals surface area contributed by atoms with Crippen LogP contribution in [0.15, 0.2) is 30.0 Å². The van der Waals surface area contributed by atoms with Gasteiger partial charge in [-0.25, -0.2) is 4.79 Å². The summed E-state index contributed by atoms with van der Waals surface area (Å²) in [4.78, 5) is 26.2. The average Bonchev–Trinajstić information content (AvgIpc) is 2.78. The Morgan fingerprint density at radius 3 is 2.46 bits per heavy atom. The zero-order chi connectivity index (χ0) is 19.5. The van der Waals surface area contributed by atoms with Crippen molar-refractivity contribution < 1.29 is 19.1 Å². The van der Waals surface area contributed by atoms with Crippen molar-refractivity contribution in [2.24, 2.45) is 5.92 Å². The number of hydrogen-bond donors (Lipinski definition) is 0. The molecule has 7 heteroatoms. The lowest BCUT2D eigenvalue weighted by molar-refractivity contribution is -0.159. The van der Waals surface area contributed by atoms with Crippen molar-refractivity contribution in [2.45, 2.75) is 46.4 Å². The summed E-state index contributed by atoms with van der Waals surface area (Å²) in [6.07, 6.45) is 2.02. The first-order valence-electron chi connectivity index (χ1n) is 8.44. The van der Waals surface area contributed by atoms with Crippen molar-refractivity contribution in [3.8, 4) is 0 Å². The molecule has 0 saturated carbocycles. The monoisotopic (exact) mass is 399 g/mol. The fourth-order valence-corrected chi connectivity index (χ4v) is 2.75. The average molecular weight is 400 g/mol. The second kappa shape index (κ2) is 8.31. The number of carbonyl (C=O) groups excluding carboxylic acids is 2. The second-order valence-electron chi connectivity index (χ2n) is 7.09. The Kier molecular flexibility index (Phi) is 6.58. The molecule has 0 aliphatic carbocycles. The Labute approximate surface area is 163 Å². The van der Waals surface area contributed by atoms with Crippen LogP contribution < -0.4 is 0 Å². The molecule has 142 valence electrons. The summed E-state index contributed by atoms with van der Waals surface area (Å²) in [6.45, 7) is 8.29. The molecule has 0 aromatic heterocycles. The maximum atomic E-state index is 12.7. The number of ether oxygens (including phenoxy) is 2. The molecule has 0 unspecified atom stereocenters. The summed E-state index contributed by atoms with van der Waals surface area (Å²) < 4.78 is 10.5. The van der Waals surface area contributed by atoms with Gasteiger partial charge in [-0.05, 0) is 30.0 Å². The van der Waals surface area contributed by atoms with Gasteiger partial charge in [0.2, 0.25) is 11.5 Å². The van der Waals surface area contributed by atoms with Crippen molar-refractivity contribution in [1.82, 2.24) is 4.90 Å². The molecule has 1 amide bonds. The Morgan fingerprint density at radius 1 is 1.23 bits per heavy atom. The molecule has 1 aliphatic rings. The fourth-order valence-electron chi connectivity index (χ4n) is 2.43. The number of benzene rings is 1. The van der Waals surface area contributed by atoms with Gasteiger partial charge in [-0.1, -0.05) is 43.1 Å². The first-order valence-corrected chi connectivity index (χ1v) is 9.20. The van der Waals surface area contributed by atoms with Gasteiger partial charge in [0.25, 0.3) is 5.91 Å². The molecule has 0 bridgehead atoms. The van der Waals surface area contributed by atoms with Crippen molar-refractivity contribution in [3.05, 3.63) is 45.6 Å². The molecular weight excluding hydrogens is 377 g/mol. The van der Waals surface area contributed by atoms with Crippen molar-refractivity contribution in [3.63, 3.8) is 0 Å². The third kappa shape index (κ3) is 5.64. The van der Waals surface area contributed by atoms with Crippen LogP contribution in [0, 0.1) is 5.92 Å². The number of nitrogens with zero attached hydrogens (tertiary/aromatic N) is 1. The molecule has 26 heavy (non-hydrogen) atoms. The van der Waals surface area contributed by atoms with Crippen LogP contribution in [0.3, 0.4) is 0 Å². The van der Waals surface area contributed by atoms with Crippen molar-refractivity contribution in [1.29, 1.82) is 0 Å². The first-order chi connectivity index (χ1) is 12.1. The summed E-state index contributed by atoms with van der Waals surface area (Å²) in [5, 5.41) is 0.894. The van der Waals surface area contributed by atoms with E-state index < -0.39 is 11.8 Å². The quantitative estimate of drug-likeness (QED) is 0.519. The number of carbonyl (C=O) groups is 2. The molecule has 1 heterocycles. The SMILES string of the molecule is CC(C)CCN(Cc1ccc(Cl)c(Cl)c1)C(=O)/C=C1\OC(C)(C)OC1=O. The predicted molar refractivity (Wildman–Crippen MR) is 101 cm³/mol. The van der Waals surface area contributed by atoms with E-state index in [0.717, 1.165) is 12.0 Å². The highest BCUT2D eigenvalue weighted by Crippen LogP contribution is 2.27. The zero-order valence-electron chi connectivity index (χ0n) is 15.3. The van der Waals surface area contributed by atoms with Gasteiger partial charge in [-0.15, -0.1) is 0 Å². The maximum absolute atomic E-state index is 12.7. The van der Waals surface area contributed by atoms with Gasteiger partial charge >= 0.3 is 5.97 Å². The second-order valence-corrected chi connectivity index (χ2v) is 7.91. The van der Waals surface area contributed by atoms with E-state index in [0.29, 0.717) is 29.1 Å². The zero-order valence-corrected chi connectivity index (χ0v) is 16.9. The normalized spacial score (nSPS) is 17.3. The number of rotatable bonds is 6. The number of esters is 1. The van der Waals surface area contributed by atoms with Crippen LogP contribution in [-0.2, 0) is 25.6 Å². The minimum atomic E-state index is -1.06. The van der Waals surface area contributed by atoms with E-state index in [1.807, 2.05) is 6.07 Å². The smallest absolute Gasteiger partial charge is 0.377 e. The largest absolute Gasteiger partial charge is 0.445 e. The van der Waals surface area contributed by atoms with Crippen LogP contribution >= 0.6 is 23.2 Å². The van der Waals surface area contributed by atoms with Gasteiger partial charge in [0.05, 0.1) is 16.1 Å². The van der Waals surface area contributed by atoms with Crippen molar-refractivity contribution in [2.75, 3.05) is 6.54 Å². The molecule has 0 atom stereocenters. The Bertz CT molecular complexity index is 728. The van der Waals surface area contributed by atoms with Crippen LogP contribution in [0.5, 0.6) is 0 Å². The number of cyclic esters (lactones) is 1. The van der Waals surface area contributed by atoms with Gasteiger partial charge in [0.15, 0.2) is 0 Å². The van der Waals surface area contributed by atoms with Crippen LogP contribution in [-0.4, -0.2) is 29.1 Å². The molecule has 1 aliphatic heterocycles. The molecule has 1 aromatic rings. The Hall–Kier alpha value is -1.72. The molecule has 0 radical (unpaired) electrons. The molecule has 2 rings (SSSR count). The van der Waals surface area contributed by atoms with Gasteiger partial charge in [-0.2, -0.15) is 0 Å². The summed E-state index contributed by atoms with van der Waals surface area (Å²) in [5.41, 5.74) is 0.852. The molecule has 0 spiro atoms. The topological polar surface area (TPSA) is 55.8 Å². The Balaban J connectivity index is 2.19. The lowest BCUT2D eigenvalue weighted by atomic mass is 10.1. The highest BCUT2D eigenvalue weighted by Gasteiger charge is 2.38. The van der Waals surface area contributed by atoms with Crippen LogP contribution in [0.2, 0.25) is 10.0 Å². The van der Waals surface area contributed by atoms with Crippen molar-refractivity contribution >= 4 is 35.1 Å². The van der Waals surface area contributed by atoms with Gasteiger partial charge in [0, 0.05) is 26.9 Å². The van der Waals surface area contributed by atoms with E-state index in [1.54, 1.807) is 30.9 Å². The van der Waals surface area contributed by atoms with E-state index in [1.165, 1.54) is 6.08 Å². The summed E-state index contributed by atoms with van der Waals surface area (Å²) in [5.74, 6) is -1.67. The summed E-state index contributed by atoms with van der Waals surface area (Å²) in [6, 6.07) is 5.25. The molecule has 1 saturated heterocycles. The standard InChI is InChI=1S/C19H23Cl2NO4/c1-12(2)7-8-22(11-13-5-6-14(20)15(21)9-13)17(23)10-16-18(24)26-19(3,4)25-16/h5-6,9-10,12H,7-8,11H2,1-4H3/b16-10-. The predicted octanol–water partition coefficient (Wildman–Crippen LogP) is 4.56. The Morgan fingerprint density at radius 2 is 1.92 bits per heavy atom. The van der Waals surface area contributed by atoms with E-state index in [2.05, 4.69) is 13.8 Å².